The van der Waals surface area contributed by atoms with E-state index < -0.39 is 0 Å². The van der Waals surface area contributed by atoms with Gasteiger partial charge in [0.15, 0.2) is 0 Å². The fraction of sp³-hybridized carbons (Fsp3) is 0.750. The van der Waals surface area contributed by atoms with Gasteiger partial charge in [0.1, 0.15) is 0 Å². The van der Waals surface area contributed by atoms with Crippen molar-refractivity contribution in [2.75, 3.05) is 25.2 Å². The molecule has 0 aromatic heterocycles. The Morgan fingerprint density at radius 1 is 1.55 bits per heavy atom. The van der Waals surface area contributed by atoms with Crippen molar-refractivity contribution in [1.82, 2.24) is 5.32 Å². The lowest BCUT2D eigenvalue weighted by molar-refractivity contribution is 0.740. The first-order chi connectivity index (χ1) is 5.31. The van der Waals surface area contributed by atoms with Gasteiger partial charge >= 0.3 is 0 Å². The summed E-state index contributed by atoms with van der Waals surface area (Å²) in [7, 11) is 0. The first-order valence-corrected chi connectivity index (χ1v) is 5.58. The van der Waals surface area contributed by atoms with E-state index in [1.54, 1.807) is 0 Å². The molecule has 11 heavy (non-hydrogen) atoms. The number of halogens is 1. The van der Waals surface area contributed by atoms with Crippen molar-refractivity contribution in [3.05, 3.63) is 12.2 Å². The van der Waals surface area contributed by atoms with Gasteiger partial charge in [-0.25, -0.2) is 0 Å². The molecular formula is C8H16ClNS. The van der Waals surface area contributed by atoms with Gasteiger partial charge in [-0.3, -0.25) is 0 Å². The maximum Gasteiger partial charge on any atom is 0.0404 e. The van der Waals surface area contributed by atoms with E-state index in [1.165, 1.54) is 0 Å². The second kappa shape index (κ2) is 8.44. The molecule has 1 unspecified atom stereocenters. The van der Waals surface area contributed by atoms with Gasteiger partial charge in [0.05, 0.1) is 0 Å². The van der Waals surface area contributed by atoms with Gasteiger partial charge in [-0.1, -0.05) is 19.1 Å². The fourth-order valence-corrected chi connectivity index (χ4v) is 1.01. The predicted molar refractivity (Wildman–Crippen MR) is 55.7 cm³/mol. The van der Waals surface area contributed by atoms with E-state index in [0.29, 0.717) is 11.1 Å². The average molecular weight is 194 g/mol. The van der Waals surface area contributed by atoms with Crippen LogP contribution in [0.15, 0.2) is 12.2 Å². The minimum atomic E-state index is 0.611. The molecule has 0 radical (unpaired) electrons. The zero-order valence-electron chi connectivity index (χ0n) is 7.14. The van der Waals surface area contributed by atoms with Gasteiger partial charge in [-0.2, -0.15) is 11.8 Å². The van der Waals surface area contributed by atoms with Crippen LogP contribution in [-0.2, 0) is 0 Å². The highest BCUT2D eigenvalue weighted by Crippen LogP contribution is 2.01. The normalized spacial score (nSPS) is 14.1. The molecular weight excluding hydrogens is 178 g/mol. The van der Waals surface area contributed by atoms with Crippen molar-refractivity contribution < 1.29 is 0 Å². The van der Waals surface area contributed by atoms with E-state index in [9.17, 15) is 0 Å². The summed E-state index contributed by atoms with van der Waals surface area (Å²) < 4.78 is 0. The third-order valence-corrected chi connectivity index (χ3v) is 2.50. The standard InChI is InChI=1S/C8H16ClNS/c1-8(11-2)7-10-6-4-3-5-9/h3-4,8,10H,5-7H2,1-2H3/b4-3+. The highest BCUT2D eigenvalue weighted by atomic mass is 35.5. The molecule has 0 saturated heterocycles. The smallest absolute Gasteiger partial charge is 0.0404 e. The van der Waals surface area contributed by atoms with Crippen molar-refractivity contribution in [3.63, 3.8) is 0 Å². The van der Waals surface area contributed by atoms with Gasteiger partial charge < -0.3 is 5.32 Å². The highest BCUT2D eigenvalue weighted by molar-refractivity contribution is 7.99. The summed E-state index contributed by atoms with van der Waals surface area (Å²) >= 11 is 7.33. The second-order valence-electron chi connectivity index (χ2n) is 2.33. The minimum Gasteiger partial charge on any atom is -0.312 e. The molecule has 0 aliphatic carbocycles. The van der Waals surface area contributed by atoms with E-state index in [4.69, 9.17) is 11.6 Å². The summed E-state index contributed by atoms with van der Waals surface area (Å²) in [6.07, 6.45) is 6.14. The first kappa shape index (κ1) is 11.3. The van der Waals surface area contributed by atoms with Crippen LogP contribution in [-0.4, -0.2) is 30.5 Å². The van der Waals surface area contributed by atoms with E-state index in [1.807, 2.05) is 17.8 Å². The van der Waals surface area contributed by atoms with Crippen LogP contribution in [0.2, 0.25) is 0 Å². The van der Waals surface area contributed by atoms with Crippen molar-refractivity contribution in [3.8, 4) is 0 Å². The largest absolute Gasteiger partial charge is 0.312 e. The minimum absolute atomic E-state index is 0.611. The van der Waals surface area contributed by atoms with E-state index in [0.717, 1.165) is 13.1 Å². The number of thioether (sulfide) groups is 1. The van der Waals surface area contributed by atoms with Crippen LogP contribution in [0, 0.1) is 0 Å². The lowest BCUT2D eigenvalue weighted by atomic mass is 10.4. The molecule has 0 aromatic rings. The topological polar surface area (TPSA) is 12.0 Å². The monoisotopic (exact) mass is 193 g/mol. The van der Waals surface area contributed by atoms with E-state index in [-0.39, 0.29) is 0 Å². The van der Waals surface area contributed by atoms with Crippen molar-refractivity contribution in [1.29, 1.82) is 0 Å². The molecule has 0 spiro atoms. The molecule has 0 aliphatic rings. The van der Waals surface area contributed by atoms with E-state index >= 15 is 0 Å². The lowest BCUT2D eigenvalue weighted by Gasteiger charge is -2.06. The van der Waals surface area contributed by atoms with Crippen LogP contribution in [0.4, 0.5) is 0 Å². The Hall–Kier alpha value is 0.340. The molecule has 0 fully saturated rings. The number of nitrogens with one attached hydrogen (secondary N) is 1. The third-order valence-electron chi connectivity index (χ3n) is 1.35. The Morgan fingerprint density at radius 3 is 2.82 bits per heavy atom. The molecule has 66 valence electrons. The highest BCUT2D eigenvalue weighted by Gasteiger charge is 1.94. The predicted octanol–water partition coefficient (Wildman–Crippen LogP) is 2.12. The third kappa shape index (κ3) is 8.24. The summed E-state index contributed by atoms with van der Waals surface area (Å²) in [6, 6.07) is 0. The van der Waals surface area contributed by atoms with Gasteiger partial charge in [0, 0.05) is 24.2 Å². The van der Waals surface area contributed by atoms with Gasteiger partial charge in [-0.05, 0) is 6.26 Å². The molecule has 0 aliphatic heterocycles. The summed E-state index contributed by atoms with van der Waals surface area (Å²) in [5.74, 6) is 0.611. The average Bonchev–Trinajstić information content (AvgIpc) is 2.04. The van der Waals surface area contributed by atoms with Crippen LogP contribution in [0.5, 0.6) is 0 Å². The number of alkyl halides is 1. The zero-order chi connectivity index (χ0) is 8.53. The van der Waals surface area contributed by atoms with Crippen molar-refractivity contribution in [2.45, 2.75) is 12.2 Å². The molecule has 3 heteroatoms. The van der Waals surface area contributed by atoms with Crippen LogP contribution in [0.1, 0.15) is 6.92 Å². The Kier molecular flexibility index (Phi) is 8.70. The number of allylic oxidation sites excluding steroid dienone is 1. The fourth-order valence-electron chi connectivity index (χ4n) is 0.600. The molecule has 0 aromatic carbocycles. The molecule has 0 rings (SSSR count). The van der Waals surface area contributed by atoms with Gasteiger partial charge in [0.2, 0.25) is 0 Å². The van der Waals surface area contributed by atoms with Crippen molar-refractivity contribution >= 4 is 23.4 Å². The zero-order valence-corrected chi connectivity index (χ0v) is 8.71. The summed E-state index contributed by atoms with van der Waals surface area (Å²) in [4.78, 5) is 0. The van der Waals surface area contributed by atoms with E-state index in [2.05, 4.69) is 24.6 Å². The van der Waals surface area contributed by atoms with Crippen LogP contribution < -0.4 is 5.32 Å². The Balaban J connectivity index is 3.07. The lowest BCUT2D eigenvalue weighted by Crippen LogP contribution is -2.22. The second-order valence-corrected chi connectivity index (χ2v) is 3.92. The first-order valence-electron chi connectivity index (χ1n) is 3.75. The maximum atomic E-state index is 5.45. The number of hydrogen-bond acceptors (Lipinski definition) is 2. The van der Waals surface area contributed by atoms with Crippen LogP contribution in [0.3, 0.4) is 0 Å². The molecule has 0 amide bonds. The van der Waals surface area contributed by atoms with Crippen LogP contribution in [0.25, 0.3) is 0 Å². The summed E-state index contributed by atoms with van der Waals surface area (Å²) in [5.41, 5.74) is 0. The van der Waals surface area contributed by atoms with Crippen molar-refractivity contribution in [2.24, 2.45) is 0 Å². The van der Waals surface area contributed by atoms with Crippen LogP contribution >= 0.6 is 23.4 Å². The molecule has 1 nitrogen and oxygen atoms in total. The molecule has 0 heterocycles. The maximum absolute atomic E-state index is 5.45. The Morgan fingerprint density at radius 2 is 2.27 bits per heavy atom. The quantitative estimate of drug-likeness (QED) is 0.394. The summed E-state index contributed by atoms with van der Waals surface area (Å²) in [5, 5.41) is 4.00. The summed E-state index contributed by atoms with van der Waals surface area (Å²) in [6.45, 7) is 4.20. The molecule has 0 bridgehead atoms. The Bertz CT molecular complexity index is 106. The number of rotatable bonds is 6. The molecule has 1 atom stereocenters. The molecule has 1 N–H and O–H groups in total. The SMILES string of the molecule is CSC(C)CNC/C=C/CCl. The molecule has 0 saturated carbocycles. The number of hydrogen-bond donors (Lipinski definition) is 1. The van der Waals surface area contributed by atoms with Gasteiger partial charge in [0.25, 0.3) is 0 Å². The van der Waals surface area contributed by atoms with Gasteiger partial charge in [-0.15, -0.1) is 11.6 Å². The Labute approximate surface area is 78.6 Å².